The van der Waals surface area contributed by atoms with Gasteiger partial charge in [0.1, 0.15) is 0 Å². The van der Waals surface area contributed by atoms with Gasteiger partial charge in [0.2, 0.25) is 0 Å². The maximum Gasteiger partial charge on any atom is 0.282 e. The quantitative estimate of drug-likeness (QED) is 0.480. The molecule has 4 nitrogen and oxygen atoms in total. The number of rotatable bonds is 9. The molecule has 0 aliphatic rings. The topological polar surface area (TPSA) is 47.9 Å². The normalized spacial score (nSPS) is 13.4. The number of hydrogen-bond donors (Lipinski definition) is 1. The molecule has 0 aromatic carbocycles. The summed E-state index contributed by atoms with van der Waals surface area (Å²) < 4.78 is 15.5. The number of aliphatic hydroxyl groups is 1. The van der Waals surface area contributed by atoms with Gasteiger partial charge in [0, 0.05) is 40.3 Å². The summed E-state index contributed by atoms with van der Waals surface area (Å²) in [5.41, 5.74) is 0. The van der Waals surface area contributed by atoms with E-state index in [9.17, 15) is 0 Å². The number of terminal acetylenes is 1. The van der Waals surface area contributed by atoms with Gasteiger partial charge in [0.25, 0.3) is 5.97 Å². The van der Waals surface area contributed by atoms with E-state index in [0.29, 0.717) is 12.8 Å². The van der Waals surface area contributed by atoms with Crippen LogP contribution in [0.2, 0.25) is 0 Å². The number of aliphatic hydroxyl groups excluding tert-OH is 1. The highest BCUT2D eigenvalue weighted by Gasteiger charge is 2.28. The van der Waals surface area contributed by atoms with Crippen molar-refractivity contribution < 1.29 is 19.3 Å². The van der Waals surface area contributed by atoms with E-state index in [1.165, 1.54) is 0 Å². The van der Waals surface area contributed by atoms with E-state index in [1.807, 2.05) is 0 Å². The monoisotopic (exact) mass is 230 g/mol. The summed E-state index contributed by atoms with van der Waals surface area (Å²) in [5.74, 6) is 1.79. The van der Waals surface area contributed by atoms with E-state index >= 15 is 0 Å². The summed E-state index contributed by atoms with van der Waals surface area (Å²) in [6, 6.07) is 0. The lowest BCUT2D eigenvalue weighted by molar-refractivity contribution is -0.355. The molecule has 16 heavy (non-hydrogen) atoms. The third-order valence-corrected chi connectivity index (χ3v) is 2.68. The molecule has 0 spiro atoms. The molecule has 0 fully saturated rings. The van der Waals surface area contributed by atoms with Crippen LogP contribution in [0.25, 0.3) is 0 Å². The first-order chi connectivity index (χ1) is 7.67. The predicted octanol–water partition coefficient (Wildman–Crippen LogP) is 1.38. The molecule has 0 amide bonds. The second kappa shape index (κ2) is 8.54. The van der Waals surface area contributed by atoms with Gasteiger partial charge < -0.3 is 19.3 Å². The zero-order chi connectivity index (χ0) is 12.4. The standard InChI is InChI=1S/C12H22O4/c1-5-11(8-10-13)7-6-9-12(14-2,15-3)16-4/h1,11,13H,6-10H2,2-4H3. The lowest BCUT2D eigenvalue weighted by Crippen LogP contribution is -2.35. The molecule has 94 valence electrons. The van der Waals surface area contributed by atoms with Gasteiger partial charge in [-0.3, -0.25) is 0 Å². The summed E-state index contributed by atoms with van der Waals surface area (Å²) in [6.45, 7) is 0.124. The Morgan fingerprint density at radius 2 is 1.75 bits per heavy atom. The van der Waals surface area contributed by atoms with Crippen LogP contribution in [0.5, 0.6) is 0 Å². The smallest absolute Gasteiger partial charge is 0.282 e. The highest BCUT2D eigenvalue weighted by Crippen LogP contribution is 2.22. The average Bonchev–Trinajstić information content (AvgIpc) is 2.34. The van der Waals surface area contributed by atoms with Gasteiger partial charge in [0.05, 0.1) is 0 Å². The van der Waals surface area contributed by atoms with Gasteiger partial charge in [-0.15, -0.1) is 12.3 Å². The molecule has 0 saturated carbocycles. The van der Waals surface area contributed by atoms with Crippen molar-refractivity contribution in [1.82, 2.24) is 0 Å². The van der Waals surface area contributed by atoms with Gasteiger partial charge >= 0.3 is 0 Å². The van der Waals surface area contributed by atoms with Crippen molar-refractivity contribution in [2.24, 2.45) is 5.92 Å². The van der Waals surface area contributed by atoms with Crippen LogP contribution in [0.4, 0.5) is 0 Å². The molecule has 0 aliphatic carbocycles. The highest BCUT2D eigenvalue weighted by atomic mass is 16.9. The number of methoxy groups -OCH3 is 3. The minimum atomic E-state index is -0.974. The zero-order valence-corrected chi connectivity index (χ0v) is 10.4. The molecule has 1 N–H and O–H groups in total. The molecule has 0 aromatic rings. The number of hydrogen-bond acceptors (Lipinski definition) is 4. The van der Waals surface area contributed by atoms with Gasteiger partial charge in [-0.05, 0) is 19.3 Å². The number of ether oxygens (including phenoxy) is 3. The first-order valence-electron chi connectivity index (χ1n) is 5.40. The third kappa shape index (κ3) is 4.95. The largest absolute Gasteiger partial charge is 0.396 e. The van der Waals surface area contributed by atoms with E-state index in [0.717, 1.165) is 12.8 Å². The average molecular weight is 230 g/mol. The molecule has 4 heteroatoms. The lowest BCUT2D eigenvalue weighted by atomic mass is 9.99. The fourth-order valence-electron chi connectivity index (χ4n) is 1.59. The van der Waals surface area contributed by atoms with Crippen LogP contribution in [0, 0.1) is 18.3 Å². The fraction of sp³-hybridized carbons (Fsp3) is 0.833. The SMILES string of the molecule is C#CC(CCO)CCCC(OC)(OC)OC. The Balaban J connectivity index is 3.98. The van der Waals surface area contributed by atoms with Crippen LogP contribution in [0.1, 0.15) is 25.7 Å². The highest BCUT2D eigenvalue weighted by molar-refractivity contribution is 4.92. The summed E-state index contributed by atoms with van der Waals surface area (Å²) in [5, 5.41) is 8.80. The maximum atomic E-state index is 8.80. The van der Waals surface area contributed by atoms with E-state index in [4.69, 9.17) is 25.7 Å². The molecular formula is C12H22O4. The van der Waals surface area contributed by atoms with Crippen molar-refractivity contribution in [3.8, 4) is 12.3 Å². The van der Waals surface area contributed by atoms with Crippen molar-refractivity contribution in [2.45, 2.75) is 31.7 Å². The van der Waals surface area contributed by atoms with Gasteiger partial charge in [0.15, 0.2) is 0 Å². The molecule has 0 radical (unpaired) electrons. The Morgan fingerprint density at radius 3 is 2.12 bits per heavy atom. The minimum absolute atomic E-state index is 0.105. The van der Waals surface area contributed by atoms with E-state index in [1.54, 1.807) is 21.3 Å². The van der Waals surface area contributed by atoms with Crippen molar-refractivity contribution >= 4 is 0 Å². The van der Waals surface area contributed by atoms with Crippen LogP contribution < -0.4 is 0 Å². The van der Waals surface area contributed by atoms with E-state index in [2.05, 4.69) is 5.92 Å². The summed E-state index contributed by atoms with van der Waals surface area (Å²) in [4.78, 5) is 0. The van der Waals surface area contributed by atoms with Crippen molar-refractivity contribution in [2.75, 3.05) is 27.9 Å². The fourth-order valence-corrected chi connectivity index (χ4v) is 1.59. The zero-order valence-electron chi connectivity index (χ0n) is 10.4. The second-order valence-corrected chi connectivity index (χ2v) is 3.56. The van der Waals surface area contributed by atoms with E-state index < -0.39 is 5.97 Å². The molecule has 0 aliphatic heterocycles. The summed E-state index contributed by atoms with van der Waals surface area (Å²) in [7, 11) is 4.62. The van der Waals surface area contributed by atoms with Crippen LogP contribution in [0.15, 0.2) is 0 Å². The third-order valence-electron chi connectivity index (χ3n) is 2.68. The molecule has 0 bridgehead atoms. The Bertz CT molecular complexity index is 197. The lowest BCUT2D eigenvalue weighted by Gasteiger charge is -2.28. The summed E-state index contributed by atoms with van der Waals surface area (Å²) >= 11 is 0. The Morgan fingerprint density at radius 1 is 1.19 bits per heavy atom. The maximum absolute atomic E-state index is 8.80. The molecule has 0 heterocycles. The first kappa shape index (κ1) is 15.4. The van der Waals surface area contributed by atoms with Crippen molar-refractivity contribution in [1.29, 1.82) is 0 Å². The predicted molar refractivity (Wildman–Crippen MR) is 61.6 cm³/mol. The van der Waals surface area contributed by atoms with Gasteiger partial charge in [-0.25, -0.2) is 0 Å². The van der Waals surface area contributed by atoms with Crippen LogP contribution in [-0.2, 0) is 14.2 Å². The van der Waals surface area contributed by atoms with Crippen LogP contribution in [-0.4, -0.2) is 39.0 Å². The Labute approximate surface area is 97.9 Å². The van der Waals surface area contributed by atoms with Crippen LogP contribution >= 0.6 is 0 Å². The molecule has 0 saturated heterocycles. The Kier molecular flexibility index (Phi) is 8.22. The van der Waals surface area contributed by atoms with Crippen molar-refractivity contribution in [3.63, 3.8) is 0 Å². The van der Waals surface area contributed by atoms with Crippen molar-refractivity contribution in [3.05, 3.63) is 0 Å². The molecule has 1 unspecified atom stereocenters. The van der Waals surface area contributed by atoms with Gasteiger partial charge in [-0.2, -0.15) is 0 Å². The molecule has 0 rings (SSSR count). The molecular weight excluding hydrogens is 208 g/mol. The first-order valence-corrected chi connectivity index (χ1v) is 5.40. The molecule has 1 atom stereocenters. The summed E-state index contributed by atoms with van der Waals surface area (Å²) in [6.07, 6.45) is 8.25. The van der Waals surface area contributed by atoms with Gasteiger partial charge in [-0.1, -0.05) is 0 Å². The minimum Gasteiger partial charge on any atom is -0.396 e. The van der Waals surface area contributed by atoms with Crippen LogP contribution in [0.3, 0.4) is 0 Å². The molecule has 0 aromatic heterocycles. The second-order valence-electron chi connectivity index (χ2n) is 3.56. The Hall–Kier alpha value is -0.600. The van der Waals surface area contributed by atoms with E-state index in [-0.39, 0.29) is 12.5 Å².